The molecule has 0 rings (SSSR count). The molecule has 0 atom stereocenters. The molecule has 4 heteroatoms. The molecule has 2 N–H and O–H groups in total. The summed E-state index contributed by atoms with van der Waals surface area (Å²) in [4.78, 5) is 0. The Hall–Kier alpha value is 3.10. The quantitative estimate of drug-likeness (QED) is 0.461. The molecular weight excluding hydrogens is 252 g/mol. The summed E-state index contributed by atoms with van der Waals surface area (Å²) in [7, 11) is 0. The van der Waals surface area contributed by atoms with Crippen LogP contribution in [0, 0.1) is 41.3 Å². The third-order valence-corrected chi connectivity index (χ3v) is 0. The Morgan fingerprint density at radius 1 is 1.00 bits per heavy atom. The fourth-order valence-corrected chi connectivity index (χ4v) is 0. The average Bonchev–Trinajstić information content (AvgIpc) is 0. The first kappa shape index (κ1) is 27.5. The molecule has 22 valence electrons. The van der Waals surface area contributed by atoms with Gasteiger partial charge in [0.15, 0.2) is 0 Å². The van der Waals surface area contributed by atoms with Crippen LogP contribution >= 0.6 is 0 Å². The minimum atomic E-state index is 0. The van der Waals surface area contributed by atoms with Crippen LogP contribution in [-0.2, 0) is 17.1 Å². The van der Waals surface area contributed by atoms with E-state index in [0.29, 0.717) is 0 Å². The fourth-order valence-electron chi connectivity index (χ4n) is 0. The number of hydrogen-bond acceptors (Lipinski definition) is 0. The van der Waals surface area contributed by atoms with Crippen molar-refractivity contribution in [1.82, 2.24) is 0 Å². The Labute approximate surface area is 99.0 Å². The Kier molecular flexibility index (Phi) is 113. The first-order chi connectivity index (χ1) is 0. The maximum Gasteiger partial charge on any atom is 0 e. The van der Waals surface area contributed by atoms with Crippen LogP contribution in [0.25, 0.3) is 0 Å². The molecule has 4 heavy (non-hydrogen) atoms. The molecule has 0 aromatic carbocycles. The van der Waals surface area contributed by atoms with Crippen molar-refractivity contribution in [2.24, 2.45) is 0 Å². The van der Waals surface area contributed by atoms with Gasteiger partial charge in [0, 0.05) is 58.4 Å². The fraction of sp³-hybridized carbons (Fsp3) is 0. The Morgan fingerprint density at radius 2 is 1.00 bits per heavy atom. The molecule has 0 amide bonds. The zero-order chi connectivity index (χ0) is 0. The maximum atomic E-state index is 0. The molecule has 0 saturated carbocycles. The number of rotatable bonds is 0. The van der Waals surface area contributed by atoms with Gasteiger partial charge in [-0.2, -0.15) is 0 Å². The van der Waals surface area contributed by atoms with Crippen molar-refractivity contribution < 1.29 is 63.8 Å². The van der Waals surface area contributed by atoms with Crippen molar-refractivity contribution in [3.63, 3.8) is 0 Å². The Balaban J connectivity index is 0. The zero-order valence-corrected chi connectivity index (χ0v) is 6.34. The first-order valence-electron chi connectivity index (χ1n) is 0. The molecule has 0 aliphatic rings. The van der Waals surface area contributed by atoms with Crippen LogP contribution in [0.2, 0.25) is 0 Å². The monoisotopic (exact) mass is 256 g/mol. The van der Waals surface area contributed by atoms with E-state index in [2.05, 4.69) is 0 Å². The van der Waals surface area contributed by atoms with Gasteiger partial charge >= 0.3 is 37.7 Å². The minimum absolute atomic E-state index is 0. The smallest absolute Gasteiger partial charge is 0 e. The summed E-state index contributed by atoms with van der Waals surface area (Å²) < 4.78 is 0. The second kappa shape index (κ2) is 16.5. The van der Waals surface area contributed by atoms with Gasteiger partial charge < -0.3 is 5.48 Å². The van der Waals surface area contributed by atoms with E-state index in [1.807, 2.05) is 0 Å². The third kappa shape index (κ3) is 8.92. The minimum Gasteiger partial charge on any atom is 0 e. The predicted octanol–water partition coefficient (Wildman–Crippen LogP) is -1.74. The summed E-state index contributed by atoms with van der Waals surface area (Å²) >= 11 is 0. The van der Waals surface area contributed by atoms with Gasteiger partial charge in [-0.1, -0.05) is 0 Å². The molecule has 0 aliphatic heterocycles. The second-order valence-corrected chi connectivity index (χ2v) is 0. The largest absolute Gasteiger partial charge is 0 e. The van der Waals surface area contributed by atoms with Crippen molar-refractivity contribution in [1.29, 1.82) is 0 Å². The summed E-state index contributed by atoms with van der Waals surface area (Å²) in [6.45, 7) is 0. The molecule has 0 saturated heterocycles. The summed E-state index contributed by atoms with van der Waals surface area (Å²) in [5.41, 5.74) is 0. The zero-order valence-electron chi connectivity index (χ0n) is 1.46. The van der Waals surface area contributed by atoms with Gasteiger partial charge in [0.2, 0.25) is 0 Å². The van der Waals surface area contributed by atoms with Crippen LogP contribution in [-0.4, -0.2) is 43.2 Å². The van der Waals surface area contributed by atoms with E-state index in [-0.39, 0.29) is 102 Å². The van der Waals surface area contributed by atoms with Gasteiger partial charge in [-0.25, -0.2) is 0 Å². The molecule has 0 aliphatic carbocycles. The third-order valence-electron chi connectivity index (χ3n) is 0. The van der Waals surface area contributed by atoms with Crippen LogP contribution in [0.15, 0.2) is 0 Å². The van der Waals surface area contributed by atoms with Crippen molar-refractivity contribution >= 4 is 37.7 Å². The molecular formula is H4CaMnOPr. The van der Waals surface area contributed by atoms with Crippen LogP contribution in [0.3, 0.4) is 0 Å². The van der Waals surface area contributed by atoms with Crippen molar-refractivity contribution in [2.75, 3.05) is 0 Å². The van der Waals surface area contributed by atoms with E-state index < -0.39 is 0 Å². The Bertz CT molecular complexity index is 8.00. The molecule has 1 nitrogen and oxygen atoms in total. The molecule has 0 aromatic rings. The summed E-state index contributed by atoms with van der Waals surface area (Å²) in [5.74, 6) is 0. The molecule has 0 unspecified atom stereocenters. The van der Waals surface area contributed by atoms with Gasteiger partial charge in [-0.3, -0.25) is 0 Å². The van der Waals surface area contributed by atoms with Gasteiger partial charge in [0.05, 0.1) is 0 Å². The number of hydrogen-bond donors (Lipinski definition) is 0. The average molecular weight is 256 g/mol. The van der Waals surface area contributed by atoms with E-state index in [0.717, 1.165) is 0 Å². The van der Waals surface area contributed by atoms with Crippen molar-refractivity contribution in [3.8, 4) is 0 Å². The summed E-state index contributed by atoms with van der Waals surface area (Å²) in [6.07, 6.45) is 0. The first-order valence-corrected chi connectivity index (χ1v) is 0. The van der Waals surface area contributed by atoms with E-state index >= 15 is 0 Å². The summed E-state index contributed by atoms with van der Waals surface area (Å²) in [6, 6.07) is 0. The van der Waals surface area contributed by atoms with Crippen molar-refractivity contribution in [3.05, 3.63) is 0 Å². The van der Waals surface area contributed by atoms with E-state index in [1.54, 1.807) is 0 Å². The normalized spacial score (nSPS) is 0. The molecule has 0 bridgehead atoms. The predicted molar refractivity (Wildman–Crippen MR) is 12.2 cm³/mol. The van der Waals surface area contributed by atoms with Crippen molar-refractivity contribution in [2.45, 2.75) is 0 Å². The topological polar surface area (TPSA) is 31.5 Å². The van der Waals surface area contributed by atoms with E-state index in [1.165, 1.54) is 0 Å². The van der Waals surface area contributed by atoms with E-state index in [9.17, 15) is 0 Å². The van der Waals surface area contributed by atoms with Crippen LogP contribution in [0.5, 0.6) is 0 Å². The summed E-state index contributed by atoms with van der Waals surface area (Å²) in [5, 5.41) is 0. The molecule has 2 radical (unpaired) electrons. The molecule has 0 fully saturated rings. The van der Waals surface area contributed by atoms with Gasteiger partial charge in [0.1, 0.15) is 0 Å². The molecule has 0 aromatic heterocycles. The Morgan fingerprint density at radius 3 is 1.00 bits per heavy atom. The molecule has 0 heterocycles. The van der Waals surface area contributed by atoms with Crippen LogP contribution in [0.4, 0.5) is 0 Å². The van der Waals surface area contributed by atoms with Gasteiger partial charge in [-0.05, 0) is 0 Å². The SMILES string of the molecule is O.[CaH2].[Mn].[Pr]. The standard InChI is InChI=1S/Ca.Mn.H2O.Pr.2H/h;;1H2;;;. The maximum absolute atomic E-state index is 0. The van der Waals surface area contributed by atoms with Crippen LogP contribution < -0.4 is 0 Å². The van der Waals surface area contributed by atoms with E-state index in [4.69, 9.17) is 0 Å². The second-order valence-electron chi connectivity index (χ2n) is 0. The van der Waals surface area contributed by atoms with Gasteiger partial charge in [-0.15, -0.1) is 0 Å². The van der Waals surface area contributed by atoms with Gasteiger partial charge in [0.25, 0.3) is 0 Å². The van der Waals surface area contributed by atoms with Crippen LogP contribution in [0.1, 0.15) is 0 Å². The molecule has 0 spiro atoms.